The van der Waals surface area contributed by atoms with Crippen molar-refractivity contribution in [1.29, 1.82) is 0 Å². The first-order chi connectivity index (χ1) is 7.56. The van der Waals surface area contributed by atoms with Crippen LogP contribution in [0.2, 0.25) is 0 Å². The molecule has 0 atom stereocenters. The number of hydrogen-bond donors (Lipinski definition) is 1. The molecule has 88 valence electrons. The number of nitrogens with one attached hydrogen (secondary N) is 1. The van der Waals surface area contributed by atoms with E-state index >= 15 is 0 Å². The van der Waals surface area contributed by atoms with Crippen molar-refractivity contribution in [2.45, 2.75) is 13.3 Å². The van der Waals surface area contributed by atoms with Gasteiger partial charge in [-0.1, -0.05) is 6.07 Å². The summed E-state index contributed by atoms with van der Waals surface area (Å²) in [5.41, 5.74) is 0.144. The van der Waals surface area contributed by atoms with Gasteiger partial charge in [0.2, 0.25) is 0 Å². The van der Waals surface area contributed by atoms with Crippen molar-refractivity contribution in [2.75, 3.05) is 19.0 Å². The highest BCUT2D eigenvalue weighted by atomic mass is 19.1. The molecule has 0 aromatic heterocycles. The number of esters is 1. The Bertz CT molecular complexity index is 394. The smallest absolute Gasteiger partial charge is 0.307 e. The molecule has 0 spiro atoms. The molecule has 0 saturated heterocycles. The summed E-state index contributed by atoms with van der Waals surface area (Å²) in [5.74, 6) is -1.74. The molecule has 0 radical (unpaired) electrons. The molecule has 3 nitrogen and oxygen atoms in total. The Morgan fingerprint density at radius 3 is 2.75 bits per heavy atom. The van der Waals surface area contributed by atoms with E-state index < -0.39 is 17.6 Å². The lowest BCUT2D eigenvalue weighted by atomic mass is 10.2. The second-order valence-electron chi connectivity index (χ2n) is 3.31. The van der Waals surface area contributed by atoms with E-state index in [9.17, 15) is 13.6 Å². The number of methoxy groups -OCH3 is 1. The van der Waals surface area contributed by atoms with Crippen LogP contribution in [0.4, 0.5) is 14.5 Å². The number of carbonyl (C=O) groups excluding carboxylic acids is 1. The van der Waals surface area contributed by atoms with E-state index in [0.717, 1.165) is 0 Å². The predicted octanol–water partition coefficient (Wildman–Crippen LogP) is 2.25. The Balaban J connectivity index is 2.67. The Morgan fingerprint density at radius 1 is 1.44 bits per heavy atom. The molecular weight excluding hydrogens is 216 g/mol. The molecule has 5 heteroatoms. The highest BCUT2D eigenvalue weighted by molar-refractivity contribution is 5.69. The van der Waals surface area contributed by atoms with E-state index in [1.807, 2.05) is 0 Å². The van der Waals surface area contributed by atoms with E-state index in [4.69, 9.17) is 0 Å². The minimum absolute atomic E-state index is 0.0589. The first-order valence-electron chi connectivity index (χ1n) is 4.81. The maximum absolute atomic E-state index is 13.5. The van der Waals surface area contributed by atoms with E-state index in [2.05, 4.69) is 10.1 Å². The fourth-order valence-electron chi connectivity index (χ4n) is 1.21. The van der Waals surface area contributed by atoms with Gasteiger partial charge in [-0.3, -0.25) is 4.79 Å². The lowest BCUT2D eigenvalue weighted by Crippen LogP contribution is -2.12. The van der Waals surface area contributed by atoms with Crippen molar-refractivity contribution in [1.82, 2.24) is 0 Å². The van der Waals surface area contributed by atoms with E-state index in [1.54, 1.807) is 6.92 Å². The number of rotatable bonds is 4. The highest BCUT2D eigenvalue weighted by Crippen LogP contribution is 2.21. The molecule has 0 amide bonds. The zero-order valence-corrected chi connectivity index (χ0v) is 9.14. The maximum Gasteiger partial charge on any atom is 0.307 e. The molecule has 0 heterocycles. The van der Waals surface area contributed by atoms with Crippen LogP contribution in [0.25, 0.3) is 0 Å². The molecule has 0 bridgehead atoms. The summed E-state index contributed by atoms with van der Waals surface area (Å²) in [6, 6.07) is 2.54. The summed E-state index contributed by atoms with van der Waals surface area (Å²) >= 11 is 0. The summed E-state index contributed by atoms with van der Waals surface area (Å²) in [5, 5.41) is 2.54. The molecule has 0 saturated carbocycles. The van der Waals surface area contributed by atoms with Gasteiger partial charge in [-0.05, 0) is 18.6 Å². The van der Waals surface area contributed by atoms with Gasteiger partial charge in [-0.2, -0.15) is 0 Å². The average Bonchev–Trinajstić information content (AvgIpc) is 2.28. The Kier molecular flexibility index (Phi) is 4.22. The highest BCUT2D eigenvalue weighted by Gasteiger charge is 2.11. The number of hydrogen-bond acceptors (Lipinski definition) is 3. The van der Waals surface area contributed by atoms with Gasteiger partial charge < -0.3 is 10.1 Å². The van der Waals surface area contributed by atoms with Gasteiger partial charge >= 0.3 is 5.97 Å². The number of ether oxygens (including phenoxy) is 1. The first kappa shape index (κ1) is 12.4. The van der Waals surface area contributed by atoms with Crippen LogP contribution in [0, 0.1) is 18.6 Å². The fourth-order valence-corrected chi connectivity index (χ4v) is 1.21. The SMILES string of the molecule is COC(=O)CCNc1c(F)ccc(C)c1F. The van der Waals surface area contributed by atoms with Gasteiger partial charge in [0.05, 0.1) is 13.5 Å². The molecule has 0 aliphatic carbocycles. The second-order valence-corrected chi connectivity index (χ2v) is 3.31. The average molecular weight is 229 g/mol. The van der Waals surface area contributed by atoms with Crippen LogP contribution in [-0.4, -0.2) is 19.6 Å². The minimum Gasteiger partial charge on any atom is -0.469 e. The number of carbonyl (C=O) groups is 1. The normalized spacial score (nSPS) is 10.0. The summed E-state index contributed by atoms with van der Waals surface area (Å²) in [4.78, 5) is 10.8. The number of anilines is 1. The van der Waals surface area contributed by atoms with Crippen LogP contribution in [0.5, 0.6) is 0 Å². The largest absolute Gasteiger partial charge is 0.469 e. The van der Waals surface area contributed by atoms with Gasteiger partial charge in [0, 0.05) is 6.54 Å². The summed E-state index contributed by atoms with van der Waals surface area (Å²) in [6.45, 7) is 1.67. The lowest BCUT2D eigenvalue weighted by Gasteiger charge is -2.09. The Hall–Kier alpha value is -1.65. The van der Waals surface area contributed by atoms with Gasteiger partial charge in [-0.15, -0.1) is 0 Å². The second kappa shape index (κ2) is 5.44. The van der Waals surface area contributed by atoms with Crippen LogP contribution in [0.15, 0.2) is 12.1 Å². The summed E-state index contributed by atoms with van der Waals surface area (Å²) in [7, 11) is 1.26. The molecule has 0 unspecified atom stereocenters. The van der Waals surface area contributed by atoms with E-state index in [0.29, 0.717) is 5.56 Å². The molecule has 1 N–H and O–H groups in total. The molecule has 0 aliphatic rings. The van der Waals surface area contributed by atoms with Crippen LogP contribution in [0.3, 0.4) is 0 Å². The Morgan fingerprint density at radius 2 is 2.12 bits per heavy atom. The van der Waals surface area contributed by atoms with Crippen molar-refractivity contribution < 1.29 is 18.3 Å². The molecule has 1 aromatic carbocycles. The molecule has 1 aromatic rings. The summed E-state index contributed by atoms with van der Waals surface area (Å²) in [6.07, 6.45) is 0.0589. The lowest BCUT2D eigenvalue weighted by molar-refractivity contribution is -0.140. The zero-order valence-electron chi connectivity index (χ0n) is 9.14. The van der Waals surface area contributed by atoms with Crippen molar-refractivity contribution in [2.24, 2.45) is 0 Å². The molecule has 0 aliphatic heterocycles. The number of halogens is 2. The molecule has 16 heavy (non-hydrogen) atoms. The maximum atomic E-state index is 13.5. The van der Waals surface area contributed by atoms with Crippen LogP contribution < -0.4 is 5.32 Å². The topological polar surface area (TPSA) is 38.3 Å². The number of aryl methyl sites for hydroxylation is 1. The molecular formula is C11H13F2NO2. The summed E-state index contributed by atoms with van der Waals surface area (Å²) < 4.78 is 31.1. The third-order valence-corrected chi connectivity index (χ3v) is 2.14. The van der Waals surface area contributed by atoms with Gasteiger partial charge in [0.15, 0.2) is 5.82 Å². The molecule has 1 rings (SSSR count). The van der Waals surface area contributed by atoms with E-state index in [-0.39, 0.29) is 18.7 Å². The minimum atomic E-state index is -0.673. The van der Waals surface area contributed by atoms with Gasteiger partial charge in [0.25, 0.3) is 0 Å². The Labute approximate surface area is 92.4 Å². The van der Waals surface area contributed by atoms with Crippen LogP contribution in [0.1, 0.15) is 12.0 Å². The van der Waals surface area contributed by atoms with Crippen molar-refractivity contribution in [3.63, 3.8) is 0 Å². The predicted molar refractivity (Wildman–Crippen MR) is 56.2 cm³/mol. The standard InChI is InChI=1S/C11H13F2NO2/c1-7-3-4-8(12)11(10(7)13)14-6-5-9(15)16-2/h3-4,14H,5-6H2,1-2H3. The quantitative estimate of drug-likeness (QED) is 0.805. The molecule has 0 fully saturated rings. The van der Waals surface area contributed by atoms with Crippen molar-refractivity contribution >= 4 is 11.7 Å². The van der Waals surface area contributed by atoms with Gasteiger partial charge in [-0.25, -0.2) is 8.78 Å². The number of benzene rings is 1. The van der Waals surface area contributed by atoms with E-state index in [1.165, 1.54) is 19.2 Å². The first-order valence-corrected chi connectivity index (χ1v) is 4.81. The zero-order chi connectivity index (χ0) is 12.1. The van der Waals surface area contributed by atoms with Crippen molar-refractivity contribution in [3.8, 4) is 0 Å². The van der Waals surface area contributed by atoms with Crippen LogP contribution in [-0.2, 0) is 9.53 Å². The monoisotopic (exact) mass is 229 g/mol. The fraction of sp³-hybridized carbons (Fsp3) is 0.364. The third kappa shape index (κ3) is 2.92. The van der Waals surface area contributed by atoms with Crippen LogP contribution >= 0.6 is 0 Å². The van der Waals surface area contributed by atoms with Gasteiger partial charge in [0.1, 0.15) is 11.5 Å². The third-order valence-electron chi connectivity index (χ3n) is 2.14. The van der Waals surface area contributed by atoms with Crippen molar-refractivity contribution in [3.05, 3.63) is 29.3 Å².